The van der Waals surface area contributed by atoms with Gasteiger partial charge in [-0.3, -0.25) is 0 Å². The number of hydrogen-bond acceptors (Lipinski definition) is 6. The normalized spacial score (nSPS) is 11.0. The molecule has 0 saturated heterocycles. The molecule has 5 nitrogen and oxygen atoms in total. The minimum absolute atomic E-state index is 0.481. The molecule has 0 fully saturated rings. The highest BCUT2D eigenvalue weighted by Gasteiger charge is 2.07. The molecule has 2 aromatic heterocycles. The Hall–Kier alpha value is -1.66. The number of rotatable bonds is 3. The molecule has 0 unspecified atom stereocenters. The maximum absolute atomic E-state index is 6.09. The van der Waals surface area contributed by atoms with Crippen molar-refractivity contribution in [2.45, 2.75) is 13.5 Å². The second-order valence-corrected chi connectivity index (χ2v) is 5.10. The van der Waals surface area contributed by atoms with Crippen LogP contribution < -0.4 is 5.32 Å². The lowest BCUT2D eigenvalue weighted by molar-refractivity contribution is 0.388. The van der Waals surface area contributed by atoms with Gasteiger partial charge in [0.15, 0.2) is 11.0 Å². The predicted molar refractivity (Wildman–Crippen MR) is 71.0 cm³/mol. The number of nitrogens with zero attached hydrogens (tertiary/aromatic N) is 3. The molecule has 0 spiro atoms. The topological polar surface area (TPSA) is 63.8 Å². The van der Waals surface area contributed by atoms with E-state index >= 15 is 0 Å². The summed E-state index contributed by atoms with van der Waals surface area (Å²) in [6.07, 6.45) is 0. The van der Waals surface area contributed by atoms with E-state index in [0.29, 0.717) is 23.3 Å². The molecular formula is C11H9ClN4OS. The van der Waals surface area contributed by atoms with Crippen molar-refractivity contribution in [1.29, 1.82) is 0 Å². The molecule has 0 saturated carbocycles. The van der Waals surface area contributed by atoms with Gasteiger partial charge in [0.1, 0.15) is 0 Å². The van der Waals surface area contributed by atoms with Gasteiger partial charge in [0, 0.05) is 6.92 Å². The third kappa shape index (κ3) is 2.16. The molecule has 0 aliphatic heterocycles. The maximum Gasteiger partial charge on any atom is 0.223 e. The summed E-state index contributed by atoms with van der Waals surface area (Å²) in [6.45, 7) is 2.24. The molecule has 1 aromatic carbocycles. The van der Waals surface area contributed by atoms with Gasteiger partial charge >= 0.3 is 0 Å². The Morgan fingerprint density at radius 2 is 2.28 bits per heavy atom. The van der Waals surface area contributed by atoms with Crippen molar-refractivity contribution in [3.63, 3.8) is 0 Å². The van der Waals surface area contributed by atoms with Crippen molar-refractivity contribution in [3.05, 3.63) is 34.9 Å². The smallest absolute Gasteiger partial charge is 0.223 e. The fraction of sp³-hybridized carbons (Fsp3) is 0.182. The van der Waals surface area contributed by atoms with Crippen molar-refractivity contribution in [1.82, 2.24) is 15.1 Å². The first-order chi connectivity index (χ1) is 8.72. The second kappa shape index (κ2) is 4.55. The van der Waals surface area contributed by atoms with E-state index in [0.717, 1.165) is 15.3 Å². The Bertz CT molecular complexity index is 693. The van der Waals surface area contributed by atoms with E-state index in [1.54, 1.807) is 6.92 Å². The molecule has 3 rings (SSSR count). The monoisotopic (exact) mass is 280 g/mol. The largest absolute Gasteiger partial charge is 0.354 e. The number of thiazole rings is 1. The van der Waals surface area contributed by atoms with Crippen LogP contribution in [-0.4, -0.2) is 15.1 Å². The average molecular weight is 281 g/mol. The molecule has 0 radical (unpaired) electrons. The van der Waals surface area contributed by atoms with Crippen LogP contribution in [0.2, 0.25) is 5.02 Å². The molecule has 0 aliphatic rings. The van der Waals surface area contributed by atoms with Gasteiger partial charge in [-0.1, -0.05) is 34.2 Å². The Labute approximate surface area is 112 Å². The highest BCUT2D eigenvalue weighted by molar-refractivity contribution is 7.22. The summed E-state index contributed by atoms with van der Waals surface area (Å²) in [5.74, 6) is 1.16. The van der Waals surface area contributed by atoms with Crippen LogP contribution in [0.3, 0.4) is 0 Å². The lowest BCUT2D eigenvalue weighted by Crippen LogP contribution is -2.00. The summed E-state index contributed by atoms with van der Waals surface area (Å²) in [4.78, 5) is 8.54. The maximum atomic E-state index is 6.09. The van der Waals surface area contributed by atoms with Crippen LogP contribution in [0, 0.1) is 6.92 Å². The summed E-state index contributed by atoms with van der Waals surface area (Å²) in [7, 11) is 0. The Morgan fingerprint density at radius 1 is 1.39 bits per heavy atom. The first kappa shape index (κ1) is 11.4. The number of aryl methyl sites for hydroxylation is 1. The van der Waals surface area contributed by atoms with E-state index in [2.05, 4.69) is 20.4 Å². The number of nitrogens with one attached hydrogen (secondary N) is 1. The van der Waals surface area contributed by atoms with Crippen LogP contribution in [0.4, 0.5) is 5.13 Å². The molecule has 2 heterocycles. The van der Waals surface area contributed by atoms with Gasteiger partial charge in [-0.25, -0.2) is 4.98 Å². The highest BCUT2D eigenvalue weighted by Crippen LogP contribution is 2.31. The third-order valence-corrected chi connectivity index (χ3v) is 3.82. The van der Waals surface area contributed by atoms with Gasteiger partial charge in [0.05, 0.1) is 21.8 Å². The number of aromatic nitrogens is 3. The summed E-state index contributed by atoms with van der Waals surface area (Å²) in [5.41, 5.74) is 0.888. The minimum atomic E-state index is 0.481. The number of benzene rings is 1. The van der Waals surface area contributed by atoms with Gasteiger partial charge in [-0.2, -0.15) is 4.98 Å². The van der Waals surface area contributed by atoms with Crippen molar-refractivity contribution < 1.29 is 4.52 Å². The summed E-state index contributed by atoms with van der Waals surface area (Å²) >= 11 is 7.60. The standard InChI is InChI=1S/C11H9ClN4OS/c1-6-14-9(16-17-6)5-13-11-15-8-4-2-3-7(12)10(8)18-11/h2-4H,5H2,1H3,(H,13,15). The summed E-state index contributed by atoms with van der Waals surface area (Å²) in [5, 5.41) is 8.47. The van der Waals surface area contributed by atoms with Gasteiger partial charge in [-0.05, 0) is 12.1 Å². The lowest BCUT2D eigenvalue weighted by Gasteiger charge is -1.95. The van der Waals surface area contributed by atoms with E-state index in [-0.39, 0.29) is 0 Å². The van der Waals surface area contributed by atoms with Crippen molar-refractivity contribution in [2.75, 3.05) is 5.32 Å². The number of halogens is 1. The van der Waals surface area contributed by atoms with Crippen molar-refractivity contribution in [2.24, 2.45) is 0 Å². The summed E-state index contributed by atoms with van der Waals surface area (Å²) < 4.78 is 5.87. The Balaban J connectivity index is 1.81. The van der Waals surface area contributed by atoms with E-state index < -0.39 is 0 Å². The number of anilines is 1. The van der Waals surface area contributed by atoms with E-state index in [1.807, 2.05) is 18.2 Å². The average Bonchev–Trinajstić information content (AvgIpc) is 2.93. The Kier molecular flexibility index (Phi) is 2.89. The van der Waals surface area contributed by atoms with Crippen LogP contribution >= 0.6 is 22.9 Å². The molecule has 0 amide bonds. The minimum Gasteiger partial charge on any atom is -0.354 e. The SMILES string of the molecule is Cc1nc(CNc2nc3cccc(Cl)c3s2)no1. The molecule has 1 N–H and O–H groups in total. The molecule has 0 atom stereocenters. The number of fused-ring (bicyclic) bond motifs is 1. The zero-order valence-electron chi connectivity index (χ0n) is 9.48. The second-order valence-electron chi connectivity index (χ2n) is 3.69. The lowest BCUT2D eigenvalue weighted by atomic mass is 10.3. The quantitative estimate of drug-likeness (QED) is 0.798. The molecular weight excluding hydrogens is 272 g/mol. The third-order valence-electron chi connectivity index (χ3n) is 2.33. The van der Waals surface area contributed by atoms with Gasteiger partial charge in [-0.15, -0.1) is 0 Å². The molecule has 7 heteroatoms. The Morgan fingerprint density at radius 3 is 3.00 bits per heavy atom. The van der Waals surface area contributed by atoms with Gasteiger partial charge in [0.25, 0.3) is 0 Å². The summed E-state index contributed by atoms with van der Waals surface area (Å²) in [6, 6.07) is 5.67. The van der Waals surface area contributed by atoms with E-state index in [4.69, 9.17) is 16.1 Å². The van der Waals surface area contributed by atoms with Crippen molar-refractivity contribution in [3.8, 4) is 0 Å². The fourth-order valence-corrected chi connectivity index (χ4v) is 2.71. The van der Waals surface area contributed by atoms with Crippen LogP contribution in [0.1, 0.15) is 11.7 Å². The van der Waals surface area contributed by atoms with Gasteiger partial charge < -0.3 is 9.84 Å². The highest BCUT2D eigenvalue weighted by atomic mass is 35.5. The molecule has 3 aromatic rings. The first-order valence-corrected chi connectivity index (χ1v) is 6.50. The molecule has 92 valence electrons. The van der Waals surface area contributed by atoms with E-state index in [9.17, 15) is 0 Å². The van der Waals surface area contributed by atoms with Crippen LogP contribution in [0.15, 0.2) is 22.7 Å². The fourth-order valence-electron chi connectivity index (χ4n) is 1.56. The molecule has 0 bridgehead atoms. The zero-order valence-corrected chi connectivity index (χ0v) is 11.0. The zero-order chi connectivity index (χ0) is 12.5. The van der Waals surface area contributed by atoms with Crippen LogP contribution in [0.5, 0.6) is 0 Å². The van der Waals surface area contributed by atoms with E-state index in [1.165, 1.54) is 11.3 Å². The van der Waals surface area contributed by atoms with Gasteiger partial charge in [0.2, 0.25) is 5.89 Å². The van der Waals surface area contributed by atoms with Crippen LogP contribution in [-0.2, 0) is 6.54 Å². The predicted octanol–water partition coefficient (Wildman–Crippen LogP) is 3.25. The van der Waals surface area contributed by atoms with Crippen molar-refractivity contribution >= 4 is 38.3 Å². The number of hydrogen-bond donors (Lipinski definition) is 1. The first-order valence-electron chi connectivity index (χ1n) is 5.30. The molecule has 0 aliphatic carbocycles. The molecule has 18 heavy (non-hydrogen) atoms. The van der Waals surface area contributed by atoms with Crippen LogP contribution in [0.25, 0.3) is 10.2 Å².